The lowest BCUT2D eigenvalue weighted by atomic mass is 9.66. The fraction of sp³-hybridized carbons (Fsp3) is 0.104. The molecule has 10 aromatic carbocycles. The molecule has 0 fully saturated rings. The van der Waals surface area contributed by atoms with Crippen molar-refractivity contribution in [2.24, 2.45) is 0 Å². The molecule has 0 amide bonds. The zero-order valence-corrected chi connectivity index (χ0v) is 39.0. The minimum Gasteiger partial charge on any atom is -0.309 e. The average molecular weight is 870 g/mol. The van der Waals surface area contributed by atoms with Crippen molar-refractivity contribution >= 4 is 17.1 Å². The first-order chi connectivity index (χ1) is 33.3. The first-order valence-electron chi connectivity index (χ1n) is 24.1. The van der Waals surface area contributed by atoms with E-state index in [1.54, 1.807) is 0 Å². The molecule has 0 atom stereocenters. The molecule has 1 nitrogen and oxygen atoms in total. The first-order valence-corrected chi connectivity index (χ1v) is 24.1. The van der Waals surface area contributed by atoms with E-state index in [1.807, 2.05) is 0 Å². The molecule has 0 N–H and O–H groups in total. The summed E-state index contributed by atoms with van der Waals surface area (Å²) in [6.07, 6.45) is 0. The average Bonchev–Trinajstić information content (AvgIpc) is 3.92. The van der Waals surface area contributed by atoms with Gasteiger partial charge in [-0.05, 0) is 119 Å². The number of hydrogen-bond acceptors (Lipinski definition) is 1. The van der Waals surface area contributed by atoms with Gasteiger partial charge in [0.1, 0.15) is 0 Å². The summed E-state index contributed by atoms with van der Waals surface area (Å²) in [4.78, 5) is 2.63. The number of fused-ring (bicyclic) bond motifs is 9. The molecule has 3 aliphatic rings. The summed E-state index contributed by atoms with van der Waals surface area (Å²) < 4.78 is 0. The molecular weight excluding hydrogens is 819 g/mol. The predicted molar refractivity (Wildman–Crippen MR) is 284 cm³/mol. The summed E-state index contributed by atoms with van der Waals surface area (Å²) in [5, 5.41) is 0. The monoisotopic (exact) mass is 869 g/mol. The maximum absolute atomic E-state index is 2.63. The standard InChI is InChI=1S/C67H51N/c1-65(2)56-31-19-17-29-52(56)53-39-38-51(42-59(53)65)68(50-36-33-46(34-37-50)44-21-9-5-10-22-44)64-62-54-30-18-20-32-58(54)67(48-25-13-7-14-26-48,49-27-15-8-16-28-49)61(62)43-60-63(64)55-41-47(45-23-11-6-12-24-45)35-40-57(55)66(60,3)4/h5-43H,1-4H3. The van der Waals surface area contributed by atoms with Crippen LogP contribution in [0.2, 0.25) is 0 Å². The third-order valence-corrected chi connectivity index (χ3v) is 15.7. The van der Waals surface area contributed by atoms with Crippen LogP contribution in [0.25, 0.3) is 55.6 Å². The Labute approximate surface area is 400 Å². The summed E-state index contributed by atoms with van der Waals surface area (Å²) in [5.74, 6) is 0. The zero-order chi connectivity index (χ0) is 45.8. The number of anilines is 3. The molecule has 3 aliphatic carbocycles. The topological polar surface area (TPSA) is 3.24 Å². The van der Waals surface area contributed by atoms with E-state index in [0.717, 1.165) is 11.4 Å². The van der Waals surface area contributed by atoms with Gasteiger partial charge in [-0.25, -0.2) is 0 Å². The van der Waals surface area contributed by atoms with Crippen LogP contribution >= 0.6 is 0 Å². The van der Waals surface area contributed by atoms with Gasteiger partial charge in [0.15, 0.2) is 0 Å². The quantitative estimate of drug-likeness (QED) is 0.154. The summed E-state index contributed by atoms with van der Waals surface area (Å²) in [5.41, 5.74) is 25.5. The van der Waals surface area contributed by atoms with Gasteiger partial charge in [-0.1, -0.05) is 234 Å². The first kappa shape index (κ1) is 40.3. The minimum absolute atomic E-state index is 0.188. The maximum atomic E-state index is 2.63. The minimum atomic E-state index is -0.595. The number of hydrogen-bond donors (Lipinski definition) is 0. The Morgan fingerprint density at radius 3 is 1.38 bits per heavy atom. The SMILES string of the molecule is CC1(C)c2ccccc2-c2ccc(N(c3ccc(-c4ccccc4)cc3)c3c4c(cc5c3-c3ccccc3C5(c3ccccc3)c3ccccc3)C(C)(C)c3ccc(-c5ccccc5)cc3-4)cc21. The van der Waals surface area contributed by atoms with E-state index >= 15 is 0 Å². The molecule has 10 aromatic rings. The second-order valence-corrected chi connectivity index (χ2v) is 20.0. The molecule has 13 rings (SSSR count). The highest BCUT2D eigenvalue weighted by molar-refractivity contribution is 6.08. The van der Waals surface area contributed by atoms with E-state index in [-0.39, 0.29) is 10.8 Å². The van der Waals surface area contributed by atoms with Gasteiger partial charge in [0.05, 0.1) is 11.1 Å². The van der Waals surface area contributed by atoms with Gasteiger partial charge >= 0.3 is 0 Å². The van der Waals surface area contributed by atoms with Crippen LogP contribution in [0.5, 0.6) is 0 Å². The second-order valence-electron chi connectivity index (χ2n) is 20.0. The maximum Gasteiger partial charge on any atom is 0.0714 e. The fourth-order valence-electron chi connectivity index (χ4n) is 12.5. The van der Waals surface area contributed by atoms with E-state index in [9.17, 15) is 0 Å². The lowest BCUT2D eigenvalue weighted by Gasteiger charge is -2.36. The van der Waals surface area contributed by atoms with E-state index in [1.165, 1.54) is 106 Å². The van der Waals surface area contributed by atoms with Crippen molar-refractivity contribution in [2.75, 3.05) is 4.90 Å². The van der Waals surface area contributed by atoms with Gasteiger partial charge in [0.2, 0.25) is 0 Å². The lowest BCUT2D eigenvalue weighted by molar-refractivity contribution is 0.656. The van der Waals surface area contributed by atoms with Crippen molar-refractivity contribution in [3.8, 4) is 55.6 Å². The molecule has 0 unspecified atom stereocenters. The van der Waals surface area contributed by atoms with E-state index in [0.29, 0.717) is 0 Å². The molecule has 0 aromatic heterocycles. The molecule has 324 valence electrons. The van der Waals surface area contributed by atoms with Crippen LogP contribution in [0, 0.1) is 0 Å². The summed E-state index contributed by atoms with van der Waals surface area (Å²) in [6.45, 7) is 9.68. The van der Waals surface area contributed by atoms with Crippen LogP contribution in [-0.2, 0) is 16.2 Å². The Balaban J connectivity index is 1.19. The Morgan fingerprint density at radius 1 is 0.279 bits per heavy atom. The largest absolute Gasteiger partial charge is 0.309 e. The molecule has 0 saturated carbocycles. The Hall–Kier alpha value is -8.00. The van der Waals surface area contributed by atoms with E-state index < -0.39 is 5.41 Å². The molecular formula is C67H51N. The van der Waals surface area contributed by atoms with Gasteiger partial charge in [-0.2, -0.15) is 0 Å². The summed E-state index contributed by atoms with van der Waals surface area (Å²) in [7, 11) is 0. The van der Waals surface area contributed by atoms with Crippen molar-refractivity contribution < 1.29 is 0 Å². The molecule has 68 heavy (non-hydrogen) atoms. The van der Waals surface area contributed by atoms with Crippen LogP contribution in [0.4, 0.5) is 17.1 Å². The van der Waals surface area contributed by atoms with Crippen molar-refractivity contribution in [1.82, 2.24) is 0 Å². The van der Waals surface area contributed by atoms with E-state index in [2.05, 4.69) is 269 Å². The van der Waals surface area contributed by atoms with Crippen LogP contribution in [0.1, 0.15) is 72.2 Å². The van der Waals surface area contributed by atoms with E-state index in [4.69, 9.17) is 0 Å². The third-order valence-electron chi connectivity index (χ3n) is 15.7. The Kier molecular flexibility index (Phi) is 8.89. The second kappa shape index (κ2) is 15.0. The highest BCUT2D eigenvalue weighted by Crippen LogP contribution is 2.66. The van der Waals surface area contributed by atoms with Gasteiger partial charge in [-0.15, -0.1) is 0 Å². The number of benzene rings is 10. The van der Waals surface area contributed by atoms with Crippen molar-refractivity contribution in [3.63, 3.8) is 0 Å². The normalized spacial score (nSPS) is 14.8. The molecule has 0 spiro atoms. The predicted octanol–water partition coefficient (Wildman–Crippen LogP) is 17.5. The smallest absolute Gasteiger partial charge is 0.0714 e. The fourth-order valence-corrected chi connectivity index (χ4v) is 12.5. The Morgan fingerprint density at radius 2 is 0.735 bits per heavy atom. The van der Waals surface area contributed by atoms with Crippen molar-refractivity contribution in [3.05, 3.63) is 281 Å². The highest BCUT2D eigenvalue weighted by Gasteiger charge is 2.51. The highest BCUT2D eigenvalue weighted by atomic mass is 15.1. The van der Waals surface area contributed by atoms with Crippen molar-refractivity contribution in [2.45, 2.75) is 43.9 Å². The molecule has 0 heterocycles. The van der Waals surface area contributed by atoms with Crippen LogP contribution in [0.3, 0.4) is 0 Å². The molecule has 0 radical (unpaired) electrons. The molecule has 0 bridgehead atoms. The van der Waals surface area contributed by atoms with Crippen LogP contribution in [0.15, 0.2) is 237 Å². The van der Waals surface area contributed by atoms with Gasteiger partial charge in [-0.3, -0.25) is 0 Å². The van der Waals surface area contributed by atoms with Gasteiger partial charge in [0.25, 0.3) is 0 Å². The zero-order valence-electron chi connectivity index (χ0n) is 39.0. The number of nitrogens with zero attached hydrogens (tertiary/aromatic N) is 1. The van der Waals surface area contributed by atoms with Crippen LogP contribution < -0.4 is 4.90 Å². The summed E-state index contributed by atoms with van der Waals surface area (Å²) >= 11 is 0. The van der Waals surface area contributed by atoms with Crippen LogP contribution in [-0.4, -0.2) is 0 Å². The molecule has 1 heteroatoms. The van der Waals surface area contributed by atoms with Gasteiger partial charge < -0.3 is 4.90 Å². The lowest BCUT2D eigenvalue weighted by Crippen LogP contribution is -2.29. The third kappa shape index (κ3) is 5.69. The number of rotatable bonds is 7. The van der Waals surface area contributed by atoms with Crippen molar-refractivity contribution in [1.29, 1.82) is 0 Å². The molecule has 0 aliphatic heterocycles. The van der Waals surface area contributed by atoms with Gasteiger partial charge in [0, 0.05) is 33.3 Å². The molecule has 0 saturated heterocycles. The Bertz CT molecular complexity index is 3540. The summed E-state index contributed by atoms with van der Waals surface area (Å²) in [6, 6.07) is 88.9.